The molecule has 0 aliphatic heterocycles. The molecule has 270 valence electrons. The molecular weight excluding hydrogens is 655 g/mol. The van der Waals surface area contributed by atoms with Crippen LogP contribution in [0.5, 0.6) is 0 Å². The highest BCUT2D eigenvalue weighted by molar-refractivity contribution is 5.92. The van der Waals surface area contributed by atoms with Crippen molar-refractivity contribution in [3.63, 3.8) is 0 Å². The van der Waals surface area contributed by atoms with E-state index in [0.717, 1.165) is 0 Å². The summed E-state index contributed by atoms with van der Waals surface area (Å²) < 4.78 is 0. The molecule has 7 aromatic rings. The average Bonchev–Trinajstić information content (AvgIpc) is 3.17. The summed E-state index contributed by atoms with van der Waals surface area (Å²) in [6, 6.07) is 20.2. The number of rotatable bonds is 6. The fourth-order valence-electron chi connectivity index (χ4n) is 9.15. The summed E-state index contributed by atoms with van der Waals surface area (Å²) in [5.74, 6) is 0. The smallest absolute Gasteiger partial charge is 0.0273 e. The Kier molecular flexibility index (Phi) is 9.70. The van der Waals surface area contributed by atoms with Crippen molar-refractivity contribution in [3.8, 4) is 66.8 Å². The Morgan fingerprint density at radius 3 is 0.537 bits per heavy atom. The summed E-state index contributed by atoms with van der Waals surface area (Å²) in [5, 5.41) is 0. The zero-order chi connectivity index (χ0) is 38.6. The molecule has 4 aromatic carbocycles. The first kappa shape index (κ1) is 36.7. The lowest BCUT2D eigenvalue weighted by Crippen LogP contribution is -2.04. The van der Waals surface area contributed by atoms with Gasteiger partial charge in [-0.3, -0.25) is 15.0 Å². The summed E-state index contributed by atoms with van der Waals surface area (Å²) in [7, 11) is 0. The maximum absolute atomic E-state index is 4.31. The largest absolute Gasteiger partial charge is 0.265 e. The standard InChI is InChI=1S/C51H51N3/c1-28-34(7)49(35(8)29(2)46(28)40-13-19-52-20-14-40)43-25-44(50-36(9)30(3)47(31(4)37(50)10)41-15-21-53-22-16-41)27-45(26-43)51-38(11)32(5)48(33(6)39(51)12)42-17-23-54-24-18-42/h13-27H,1-12H3. The van der Waals surface area contributed by atoms with E-state index in [2.05, 4.69) is 153 Å². The van der Waals surface area contributed by atoms with E-state index in [1.165, 1.54) is 134 Å². The highest BCUT2D eigenvalue weighted by atomic mass is 14.6. The molecule has 0 atom stereocenters. The average molecular weight is 706 g/mol. The van der Waals surface area contributed by atoms with Crippen LogP contribution in [0.15, 0.2) is 91.8 Å². The van der Waals surface area contributed by atoms with Crippen molar-refractivity contribution >= 4 is 0 Å². The van der Waals surface area contributed by atoms with Gasteiger partial charge in [-0.05, 0) is 271 Å². The number of pyridine rings is 3. The van der Waals surface area contributed by atoms with Crippen molar-refractivity contribution in [2.75, 3.05) is 0 Å². The summed E-state index contributed by atoms with van der Waals surface area (Å²) >= 11 is 0. The van der Waals surface area contributed by atoms with Crippen LogP contribution in [0.2, 0.25) is 0 Å². The molecule has 0 fully saturated rings. The van der Waals surface area contributed by atoms with E-state index in [1.54, 1.807) is 0 Å². The summed E-state index contributed by atoms with van der Waals surface area (Å²) in [5.41, 5.74) is 31.1. The fourth-order valence-corrected chi connectivity index (χ4v) is 9.15. The lowest BCUT2D eigenvalue weighted by atomic mass is 9.79. The van der Waals surface area contributed by atoms with Gasteiger partial charge in [-0.2, -0.15) is 0 Å². The number of nitrogens with zero attached hydrogens (tertiary/aromatic N) is 3. The minimum atomic E-state index is 1.21. The monoisotopic (exact) mass is 705 g/mol. The van der Waals surface area contributed by atoms with Crippen molar-refractivity contribution in [2.45, 2.75) is 83.1 Å². The second-order valence-corrected chi connectivity index (χ2v) is 15.3. The van der Waals surface area contributed by atoms with Crippen LogP contribution in [0.1, 0.15) is 66.8 Å². The van der Waals surface area contributed by atoms with E-state index in [9.17, 15) is 0 Å². The Morgan fingerprint density at radius 1 is 0.222 bits per heavy atom. The molecule has 54 heavy (non-hydrogen) atoms. The minimum absolute atomic E-state index is 1.21. The van der Waals surface area contributed by atoms with Gasteiger partial charge in [0.15, 0.2) is 0 Å². The van der Waals surface area contributed by atoms with Gasteiger partial charge in [0.05, 0.1) is 0 Å². The van der Waals surface area contributed by atoms with Gasteiger partial charge in [0, 0.05) is 37.2 Å². The molecule has 0 radical (unpaired) electrons. The molecule has 0 bridgehead atoms. The zero-order valence-corrected chi connectivity index (χ0v) is 34.0. The van der Waals surface area contributed by atoms with E-state index < -0.39 is 0 Å². The molecule has 3 nitrogen and oxygen atoms in total. The first-order valence-corrected chi connectivity index (χ1v) is 19.0. The second kappa shape index (κ2) is 14.3. The molecule has 0 aliphatic carbocycles. The SMILES string of the molecule is Cc1c(C)c(-c2cc(-c3c(C)c(C)c(-c4ccncc4)c(C)c3C)cc(-c3c(C)c(C)c(-c4ccncc4)c(C)c3C)c2)c(C)c(C)c1-c1ccncc1. The van der Waals surface area contributed by atoms with E-state index in [4.69, 9.17) is 0 Å². The van der Waals surface area contributed by atoms with Crippen LogP contribution < -0.4 is 0 Å². The van der Waals surface area contributed by atoms with Crippen LogP contribution in [-0.2, 0) is 0 Å². The number of aromatic nitrogens is 3. The lowest BCUT2D eigenvalue weighted by Gasteiger charge is -2.26. The third kappa shape index (κ3) is 5.97. The molecule has 7 rings (SSSR count). The van der Waals surface area contributed by atoms with Gasteiger partial charge < -0.3 is 0 Å². The first-order valence-electron chi connectivity index (χ1n) is 19.0. The predicted octanol–water partition coefficient (Wildman–Crippen LogP) is 13.6. The molecule has 0 spiro atoms. The number of benzene rings is 4. The molecule has 3 heteroatoms. The van der Waals surface area contributed by atoms with Crippen LogP contribution >= 0.6 is 0 Å². The molecule has 0 aliphatic rings. The molecule has 0 saturated carbocycles. The Balaban J connectivity index is 1.56. The topological polar surface area (TPSA) is 38.7 Å². The van der Waals surface area contributed by atoms with E-state index in [-0.39, 0.29) is 0 Å². The van der Waals surface area contributed by atoms with Gasteiger partial charge in [-0.15, -0.1) is 0 Å². The fraction of sp³-hybridized carbons (Fsp3) is 0.235. The molecule has 3 aromatic heterocycles. The van der Waals surface area contributed by atoms with Crippen molar-refractivity contribution in [1.29, 1.82) is 0 Å². The molecular formula is C51H51N3. The van der Waals surface area contributed by atoms with Gasteiger partial charge in [0.2, 0.25) is 0 Å². The predicted molar refractivity (Wildman–Crippen MR) is 229 cm³/mol. The number of hydrogen-bond donors (Lipinski definition) is 0. The molecule has 0 amide bonds. The Hall–Kier alpha value is -5.67. The molecule has 0 unspecified atom stereocenters. The van der Waals surface area contributed by atoms with Crippen molar-refractivity contribution in [1.82, 2.24) is 15.0 Å². The maximum Gasteiger partial charge on any atom is 0.0273 e. The van der Waals surface area contributed by atoms with Gasteiger partial charge in [-0.1, -0.05) is 0 Å². The maximum atomic E-state index is 4.31. The summed E-state index contributed by atoms with van der Waals surface area (Å²) in [6.07, 6.45) is 11.4. The minimum Gasteiger partial charge on any atom is -0.265 e. The summed E-state index contributed by atoms with van der Waals surface area (Å²) in [6.45, 7) is 27.5. The van der Waals surface area contributed by atoms with Crippen molar-refractivity contribution in [3.05, 3.63) is 159 Å². The van der Waals surface area contributed by atoms with Gasteiger partial charge >= 0.3 is 0 Å². The first-order chi connectivity index (χ1) is 25.8. The van der Waals surface area contributed by atoms with Crippen LogP contribution in [0.4, 0.5) is 0 Å². The van der Waals surface area contributed by atoms with Crippen LogP contribution in [0.3, 0.4) is 0 Å². The third-order valence-corrected chi connectivity index (χ3v) is 12.6. The zero-order valence-electron chi connectivity index (χ0n) is 34.0. The Morgan fingerprint density at radius 2 is 0.370 bits per heavy atom. The quantitative estimate of drug-likeness (QED) is 0.173. The second-order valence-electron chi connectivity index (χ2n) is 15.3. The van der Waals surface area contributed by atoms with Crippen molar-refractivity contribution < 1.29 is 0 Å². The van der Waals surface area contributed by atoms with Crippen LogP contribution in [0.25, 0.3) is 66.8 Å². The normalized spacial score (nSPS) is 11.3. The Bertz CT molecular complexity index is 2190. The lowest BCUT2D eigenvalue weighted by molar-refractivity contribution is 1.23. The van der Waals surface area contributed by atoms with E-state index in [1.807, 2.05) is 37.2 Å². The molecule has 0 N–H and O–H groups in total. The summed E-state index contributed by atoms with van der Waals surface area (Å²) in [4.78, 5) is 12.9. The van der Waals surface area contributed by atoms with Gasteiger partial charge in [0.1, 0.15) is 0 Å². The van der Waals surface area contributed by atoms with Crippen LogP contribution in [0, 0.1) is 83.1 Å². The van der Waals surface area contributed by atoms with E-state index >= 15 is 0 Å². The van der Waals surface area contributed by atoms with Gasteiger partial charge in [-0.25, -0.2) is 0 Å². The van der Waals surface area contributed by atoms with Crippen molar-refractivity contribution in [2.24, 2.45) is 0 Å². The van der Waals surface area contributed by atoms with E-state index in [0.29, 0.717) is 0 Å². The van der Waals surface area contributed by atoms with Crippen LogP contribution in [-0.4, -0.2) is 15.0 Å². The molecule has 0 saturated heterocycles. The third-order valence-electron chi connectivity index (χ3n) is 12.6. The Labute approximate surface area is 322 Å². The number of hydrogen-bond acceptors (Lipinski definition) is 3. The van der Waals surface area contributed by atoms with Gasteiger partial charge in [0.25, 0.3) is 0 Å². The highest BCUT2D eigenvalue weighted by Gasteiger charge is 2.24. The molecule has 3 heterocycles. The highest BCUT2D eigenvalue weighted by Crippen LogP contribution is 2.46.